The highest BCUT2D eigenvalue weighted by Crippen LogP contribution is 2.32. The number of methoxy groups -OCH3 is 1. The van der Waals surface area contributed by atoms with Crippen molar-refractivity contribution in [2.75, 3.05) is 12.4 Å². The lowest BCUT2D eigenvalue weighted by atomic mass is 10.0. The number of nitrogens with zero attached hydrogens (tertiary/aromatic N) is 2. The van der Waals surface area contributed by atoms with Crippen LogP contribution in [0, 0.1) is 0 Å². The van der Waals surface area contributed by atoms with Crippen LogP contribution in [0.15, 0.2) is 54.9 Å². The van der Waals surface area contributed by atoms with E-state index in [1.54, 1.807) is 7.11 Å². The van der Waals surface area contributed by atoms with Gasteiger partial charge in [-0.2, -0.15) is 0 Å². The highest BCUT2D eigenvalue weighted by Gasteiger charge is 2.19. The zero-order valence-electron chi connectivity index (χ0n) is 16.9. The van der Waals surface area contributed by atoms with Gasteiger partial charge in [-0.05, 0) is 17.2 Å². The number of hydrogen-bond acceptors (Lipinski definition) is 4. The maximum atomic E-state index is 12.7. The molecule has 0 radical (unpaired) electrons. The van der Waals surface area contributed by atoms with Crippen LogP contribution >= 0.6 is 23.2 Å². The minimum Gasteiger partial charge on any atom is -0.494 e. The van der Waals surface area contributed by atoms with E-state index < -0.39 is 0 Å². The zero-order valence-corrected chi connectivity index (χ0v) is 18.5. The first kappa shape index (κ1) is 21.2. The number of anilines is 1. The van der Waals surface area contributed by atoms with E-state index in [9.17, 15) is 4.79 Å². The molecule has 0 bridgehead atoms. The molecule has 4 rings (SSSR count). The van der Waals surface area contributed by atoms with Crippen molar-refractivity contribution in [1.29, 1.82) is 0 Å². The maximum Gasteiger partial charge on any atom is 0.228 e. The molecular weight excluding hydrogens is 435 g/mol. The van der Waals surface area contributed by atoms with Crippen molar-refractivity contribution in [3.8, 4) is 5.75 Å². The van der Waals surface area contributed by atoms with Crippen LogP contribution in [0.5, 0.6) is 5.75 Å². The number of benzene rings is 2. The molecule has 0 saturated carbocycles. The summed E-state index contributed by atoms with van der Waals surface area (Å²) in [5, 5.41) is 3.32. The molecule has 0 aliphatic carbocycles. The van der Waals surface area contributed by atoms with Gasteiger partial charge in [-0.15, -0.1) is 0 Å². The molecule has 8 heteroatoms. The van der Waals surface area contributed by atoms with Gasteiger partial charge in [0.25, 0.3) is 0 Å². The van der Waals surface area contributed by atoms with E-state index in [-0.39, 0.29) is 28.3 Å². The second kappa shape index (κ2) is 8.96. The number of aromatic nitrogens is 3. The van der Waals surface area contributed by atoms with Crippen molar-refractivity contribution in [3.05, 3.63) is 81.9 Å². The number of rotatable bonds is 6. The first-order valence-electron chi connectivity index (χ1n) is 9.67. The van der Waals surface area contributed by atoms with E-state index in [0.717, 1.165) is 22.5 Å². The Labute approximate surface area is 189 Å². The summed E-state index contributed by atoms with van der Waals surface area (Å²) >= 11 is 12.2. The van der Waals surface area contributed by atoms with Gasteiger partial charge in [0.05, 0.1) is 34.8 Å². The van der Waals surface area contributed by atoms with Crippen molar-refractivity contribution in [2.24, 2.45) is 0 Å². The third-order valence-corrected chi connectivity index (χ3v) is 5.68. The number of H-pyrrole nitrogens is 1. The number of imidazole rings is 1. The van der Waals surface area contributed by atoms with Crippen LogP contribution in [-0.4, -0.2) is 28.0 Å². The Morgan fingerprint density at radius 2 is 1.84 bits per heavy atom. The summed E-state index contributed by atoms with van der Waals surface area (Å²) in [6, 6.07) is 13.8. The van der Waals surface area contributed by atoms with Crippen LogP contribution in [0.2, 0.25) is 10.0 Å². The van der Waals surface area contributed by atoms with Crippen LogP contribution in [0.25, 0.3) is 11.0 Å². The summed E-state index contributed by atoms with van der Waals surface area (Å²) < 4.78 is 5.50. The number of carbonyl (C=O) groups is 1. The number of nitrogens with one attached hydrogen (secondary N) is 2. The van der Waals surface area contributed by atoms with Gasteiger partial charge in [-0.25, -0.2) is 4.98 Å². The summed E-state index contributed by atoms with van der Waals surface area (Å²) in [5.74, 6) is 1.25. The molecular formula is C23H20Cl2N4O2. The first-order valence-corrected chi connectivity index (χ1v) is 10.4. The third-order valence-electron chi connectivity index (χ3n) is 5.11. The number of pyridine rings is 1. The molecule has 0 saturated heterocycles. The predicted octanol–water partition coefficient (Wildman–Crippen LogP) is 5.61. The van der Waals surface area contributed by atoms with E-state index in [1.165, 1.54) is 12.4 Å². The molecule has 1 atom stereocenters. The molecule has 0 unspecified atom stereocenters. The summed E-state index contributed by atoms with van der Waals surface area (Å²) in [4.78, 5) is 24.8. The average molecular weight is 455 g/mol. The van der Waals surface area contributed by atoms with Gasteiger partial charge >= 0.3 is 0 Å². The van der Waals surface area contributed by atoms with Gasteiger partial charge in [-0.1, -0.05) is 66.5 Å². The molecule has 1 amide bonds. The lowest BCUT2D eigenvalue weighted by molar-refractivity contribution is -0.115. The summed E-state index contributed by atoms with van der Waals surface area (Å²) in [5.41, 5.74) is 3.69. The summed E-state index contributed by atoms with van der Waals surface area (Å²) in [6.45, 7) is 2.08. The fourth-order valence-corrected chi connectivity index (χ4v) is 3.90. The van der Waals surface area contributed by atoms with Crippen molar-refractivity contribution in [2.45, 2.75) is 19.3 Å². The molecule has 2 aromatic heterocycles. The van der Waals surface area contributed by atoms with Crippen molar-refractivity contribution in [1.82, 2.24) is 15.0 Å². The van der Waals surface area contributed by atoms with E-state index in [1.807, 2.05) is 30.3 Å². The Hall–Kier alpha value is -3.09. The van der Waals surface area contributed by atoms with Crippen molar-refractivity contribution in [3.63, 3.8) is 0 Å². The molecule has 4 aromatic rings. The highest BCUT2D eigenvalue weighted by atomic mass is 35.5. The van der Waals surface area contributed by atoms with E-state index in [0.29, 0.717) is 17.0 Å². The Kier molecular flexibility index (Phi) is 6.11. The van der Waals surface area contributed by atoms with Crippen molar-refractivity contribution < 1.29 is 9.53 Å². The van der Waals surface area contributed by atoms with Gasteiger partial charge in [0.2, 0.25) is 5.91 Å². The Bertz CT molecular complexity index is 1220. The second-order valence-electron chi connectivity index (χ2n) is 7.11. The van der Waals surface area contributed by atoms with Gasteiger partial charge in [0, 0.05) is 18.3 Å². The lowest BCUT2D eigenvalue weighted by Gasteiger charge is -2.09. The Balaban J connectivity index is 1.66. The Morgan fingerprint density at radius 3 is 2.52 bits per heavy atom. The fourth-order valence-electron chi connectivity index (χ4n) is 3.45. The van der Waals surface area contributed by atoms with Gasteiger partial charge in [0.1, 0.15) is 17.1 Å². The Morgan fingerprint density at radius 1 is 1.13 bits per heavy atom. The quantitative estimate of drug-likeness (QED) is 0.396. The molecule has 0 spiro atoms. The number of carbonyl (C=O) groups excluding carboxylic acids is 1. The summed E-state index contributed by atoms with van der Waals surface area (Å²) in [6.07, 6.45) is 2.96. The highest BCUT2D eigenvalue weighted by molar-refractivity contribution is 6.39. The van der Waals surface area contributed by atoms with Gasteiger partial charge in [-0.3, -0.25) is 9.78 Å². The number of halogens is 2. The monoisotopic (exact) mass is 454 g/mol. The topological polar surface area (TPSA) is 79.9 Å². The van der Waals surface area contributed by atoms with Crippen molar-refractivity contribution >= 4 is 45.8 Å². The summed E-state index contributed by atoms with van der Waals surface area (Å²) in [7, 11) is 1.61. The minimum absolute atomic E-state index is 0.0504. The molecule has 158 valence electrons. The number of ether oxygens (including phenoxy) is 1. The molecule has 0 fully saturated rings. The maximum absolute atomic E-state index is 12.7. The normalized spacial score (nSPS) is 12.0. The molecule has 0 aliphatic rings. The molecule has 2 heterocycles. The third kappa shape index (κ3) is 4.36. The molecule has 0 aliphatic heterocycles. The fraction of sp³-hybridized carbons (Fsp3) is 0.174. The van der Waals surface area contributed by atoms with Crippen LogP contribution < -0.4 is 10.1 Å². The van der Waals surface area contributed by atoms with Crippen LogP contribution in [0.1, 0.15) is 29.8 Å². The predicted molar refractivity (Wildman–Crippen MR) is 123 cm³/mol. The largest absolute Gasteiger partial charge is 0.494 e. The SMILES string of the molecule is COc1ccc(CC(=O)Nc2c(Cl)cncc2Cl)c2nc([C@H](C)c3ccccc3)[nH]c12. The van der Waals surface area contributed by atoms with Crippen LogP contribution in [-0.2, 0) is 11.2 Å². The van der Waals surface area contributed by atoms with Gasteiger partial charge in [0.15, 0.2) is 0 Å². The molecule has 2 aromatic carbocycles. The molecule has 6 nitrogen and oxygen atoms in total. The number of amides is 1. The van der Waals surface area contributed by atoms with E-state index >= 15 is 0 Å². The van der Waals surface area contributed by atoms with E-state index in [4.69, 9.17) is 32.9 Å². The minimum atomic E-state index is -0.262. The second-order valence-corrected chi connectivity index (χ2v) is 7.92. The lowest BCUT2D eigenvalue weighted by Crippen LogP contribution is -2.15. The number of fused-ring (bicyclic) bond motifs is 1. The number of aromatic amines is 1. The molecule has 31 heavy (non-hydrogen) atoms. The van der Waals surface area contributed by atoms with Gasteiger partial charge < -0.3 is 15.0 Å². The zero-order chi connectivity index (χ0) is 22.0. The van der Waals surface area contributed by atoms with Crippen LogP contribution in [0.3, 0.4) is 0 Å². The molecule has 2 N–H and O–H groups in total. The van der Waals surface area contributed by atoms with E-state index in [2.05, 4.69) is 34.3 Å². The first-order chi connectivity index (χ1) is 15.0. The number of hydrogen-bond donors (Lipinski definition) is 2. The standard InChI is InChI=1S/C23H20Cl2N4O2/c1-13(14-6-4-3-5-7-14)23-28-20-15(8-9-18(31-2)22(20)29-23)10-19(30)27-21-16(24)11-26-12-17(21)25/h3-9,11-13H,10H2,1-2H3,(H,28,29)(H,26,27,30)/t13-/m1/s1. The average Bonchev–Trinajstić information content (AvgIpc) is 3.23. The van der Waals surface area contributed by atoms with Crippen LogP contribution in [0.4, 0.5) is 5.69 Å². The smallest absolute Gasteiger partial charge is 0.228 e.